The summed E-state index contributed by atoms with van der Waals surface area (Å²) < 4.78 is 12.7. The van der Waals surface area contributed by atoms with Gasteiger partial charge in [-0.3, -0.25) is 0 Å². The van der Waals surface area contributed by atoms with E-state index < -0.39 is 0 Å². The highest BCUT2D eigenvalue weighted by Gasteiger charge is 2.02. The predicted molar refractivity (Wildman–Crippen MR) is 38.4 cm³/mol. The topological polar surface area (TPSA) is 24.4 Å². The summed E-state index contributed by atoms with van der Waals surface area (Å²) in [5.41, 5.74) is 0.439. The van der Waals surface area contributed by atoms with Crippen LogP contribution in [-0.2, 0) is 0 Å². The predicted octanol–water partition coefficient (Wildman–Crippen LogP) is 1.36. The van der Waals surface area contributed by atoms with Gasteiger partial charge in [-0.1, -0.05) is 6.92 Å². The molecule has 0 aromatic heterocycles. The standard InChI is InChI=1S/C7H9FN2/c1-2-6-7(8)10-5-3-4-9-6/h3,10H,2,5H2,1H3. The van der Waals surface area contributed by atoms with Crippen LogP contribution in [0.15, 0.2) is 22.7 Å². The van der Waals surface area contributed by atoms with Crippen LogP contribution < -0.4 is 5.32 Å². The lowest BCUT2D eigenvalue weighted by Crippen LogP contribution is -2.09. The highest BCUT2D eigenvalue weighted by atomic mass is 19.1. The van der Waals surface area contributed by atoms with Crippen LogP contribution in [0.2, 0.25) is 0 Å². The van der Waals surface area contributed by atoms with E-state index in [1.165, 1.54) is 0 Å². The summed E-state index contributed by atoms with van der Waals surface area (Å²) in [5.74, 6) is 2.29. The molecule has 0 amide bonds. The van der Waals surface area contributed by atoms with Crippen molar-refractivity contribution in [3.63, 3.8) is 0 Å². The molecule has 0 aromatic rings. The van der Waals surface area contributed by atoms with E-state index in [9.17, 15) is 4.39 Å². The minimum Gasteiger partial charge on any atom is -0.356 e. The monoisotopic (exact) mass is 140 g/mol. The maximum atomic E-state index is 12.7. The molecule has 0 saturated heterocycles. The molecular formula is C7H9FN2. The van der Waals surface area contributed by atoms with Crippen LogP contribution >= 0.6 is 0 Å². The summed E-state index contributed by atoms with van der Waals surface area (Å²) in [6, 6.07) is 0. The summed E-state index contributed by atoms with van der Waals surface area (Å²) in [6.45, 7) is 2.33. The molecule has 54 valence electrons. The molecule has 3 heteroatoms. The Labute approximate surface area is 59.2 Å². The maximum absolute atomic E-state index is 12.7. The molecule has 1 aliphatic heterocycles. The molecule has 0 aliphatic carbocycles. The quantitative estimate of drug-likeness (QED) is 0.546. The van der Waals surface area contributed by atoms with Crippen molar-refractivity contribution in [2.75, 3.05) is 6.54 Å². The maximum Gasteiger partial charge on any atom is 0.209 e. The van der Waals surface area contributed by atoms with Gasteiger partial charge in [0.25, 0.3) is 0 Å². The fourth-order valence-electron chi connectivity index (χ4n) is 0.695. The van der Waals surface area contributed by atoms with Crippen molar-refractivity contribution in [3.05, 3.63) is 17.7 Å². The third-order valence-electron chi connectivity index (χ3n) is 1.24. The van der Waals surface area contributed by atoms with Gasteiger partial charge in [0.15, 0.2) is 0 Å². The van der Waals surface area contributed by atoms with Gasteiger partial charge in [0.05, 0.1) is 0 Å². The van der Waals surface area contributed by atoms with E-state index in [0.29, 0.717) is 18.7 Å². The highest BCUT2D eigenvalue weighted by molar-refractivity contribution is 5.54. The largest absolute Gasteiger partial charge is 0.356 e. The molecule has 1 aliphatic rings. The van der Waals surface area contributed by atoms with E-state index in [1.54, 1.807) is 6.08 Å². The van der Waals surface area contributed by atoms with Crippen molar-refractivity contribution in [2.24, 2.45) is 4.99 Å². The van der Waals surface area contributed by atoms with Crippen LogP contribution in [0.1, 0.15) is 13.3 Å². The van der Waals surface area contributed by atoms with E-state index in [0.717, 1.165) is 0 Å². The summed E-state index contributed by atoms with van der Waals surface area (Å²) in [5, 5.41) is 2.55. The molecule has 0 aromatic carbocycles. The second-order valence-corrected chi connectivity index (χ2v) is 1.94. The van der Waals surface area contributed by atoms with E-state index in [1.807, 2.05) is 6.92 Å². The summed E-state index contributed by atoms with van der Waals surface area (Å²) >= 11 is 0. The first-order chi connectivity index (χ1) is 4.84. The number of hydrogen-bond donors (Lipinski definition) is 1. The van der Waals surface area contributed by atoms with Gasteiger partial charge in [0.2, 0.25) is 5.95 Å². The van der Waals surface area contributed by atoms with Crippen LogP contribution in [0, 0.1) is 0 Å². The molecule has 0 unspecified atom stereocenters. The zero-order valence-corrected chi connectivity index (χ0v) is 5.82. The molecule has 2 nitrogen and oxygen atoms in total. The Kier molecular flexibility index (Phi) is 2.24. The van der Waals surface area contributed by atoms with Crippen LogP contribution in [0.25, 0.3) is 0 Å². The first-order valence-corrected chi connectivity index (χ1v) is 3.25. The second-order valence-electron chi connectivity index (χ2n) is 1.94. The number of rotatable bonds is 1. The zero-order valence-electron chi connectivity index (χ0n) is 5.82. The molecule has 10 heavy (non-hydrogen) atoms. The Morgan fingerprint density at radius 3 is 3.40 bits per heavy atom. The third kappa shape index (κ3) is 1.45. The van der Waals surface area contributed by atoms with E-state index >= 15 is 0 Å². The van der Waals surface area contributed by atoms with Gasteiger partial charge in [-0.05, 0) is 18.4 Å². The van der Waals surface area contributed by atoms with Gasteiger partial charge >= 0.3 is 0 Å². The number of nitrogens with one attached hydrogen (secondary N) is 1. The van der Waals surface area contributed by atoms with Gasteiger partial charge in [-0.15, -0.1) is 0 Å². The Morgan fingerprint density at radius 2 is 2.70 bits per heavy atom. The number of halogens is 1. The normalized spacial score (nSPS) is 17.0. The molecule has 1 N–H and O–H groups in total. The molecule has 0 spiro atoms. The van der Waals surface area contributed by atoms with Gasteiger partial charge in [0.1, 0.15) is 5.70 Å². The fourth-order valence-corrected chi connectivity index (χ4v) is 0.695. The first kappa shape index (κ1) is 7.03. The van der Waals surface area contributed by atoms with Crippen molar-refractivity contribution in [2.45, 2.75) is 13.3 Å². The number of hydrogen-bond acceptors (Lipinski definition) is 2. The van der Waals surface area contributed by atoms with Crippen molar-refractivity contribution in [1.82, 2.24) is 5.32 Å². The average Bonchev–Trinajstić information content (AvgIpc) is 2.13. The smallest absolute Gasteiger partial charge is 0.209 e. The molecule has 0 atom stereocenters. The molecule has 1 heterocycles. The SMILES string of the molecule is CCC1=C(F)NCC=C=N1. The van der Waals surface area contributed by atoms with Gasteiger partial charge in [0, 0.05) is 6.54 Å². The zero-order chi connectivity index (χ0) is 7.40. The third-order valence-corrected chi connectivity index (χ3v) is 1.24. The van der Waals surface area contributed by atoms with Crippen LogP contribution in [0.5, 0.6) is 0 Å². The van der Waals surface area contributed by atoms with Crippen molar-refractivity contribution in [1.29, 1.82) is 0 Å². The van der Waals surface area contributed by atoms with Gasteiger partial charge < -0.3 is 5.32 Å². The molecular weight excluding hydrogens is 131 g/mol. The molecule has 0 radical (unpaired) electrons. The van der Waals surface area contributed by atoms with Gasteiger partial charge in [-0.2, -0.15) is 4.39 Å². The minimum atomic E-state index is -0.330. The van der Waals surface area contributed by atoms with Crippen molar-refractivity contribution in [3.8, 4) is 0 Å². The lowest BCUT2D eigenvalue weighted by molar-refractivity contribution is 0.544. The van der Waals surface area contributed by atoms with Crippen molar-refractivity contribution < 1.29 is 4.39 Å². The highest BCUT2D eigenvalue weighted by Crippen LogP contribution is 2.08. The van der Waals surface area contributed by atoms with Crippen LogP contribution in [-0.4, -0.2) is 12.4 Å². The summed E-state index contributed by atoms with van der Waals surface area (Å²) in [4.78, 5) is 3.76. The first-order valence-electron chi connectivity index (χ1n) is 3.25. The van der Waals surface area contributed by atoms with E-state index in [2.05, 4.69) is 16.2 Å². The number of aliphatic imine (C=N–C) groups is 1. The Balaban J connectivity index is 2.87. The summed E-state index contributed by atoms with van der Waals surface area (Å²) in [7, 11) is 0. The molecule has 0 bridgehead atoms. The molecule has 0 fully saturated rings. The second kappa shape index (κ2) is 3.18. The van der Waals surface area contributed by atoms with Crippen LogP contribution in [0.3, 0.4) is 0 Å². The number of nitrogens with zero attached hydrogens (tertiary/aromatic N) is 1. The van der Waals surface area contributed by atoms with Crippen LogP contribution in [0.4, 0.5) is 4.39 Å². The number of allylic oxidation sites excluding steroid dienone is 1. The Bertz CT molecular complexity index is 212. The summed E-state index contributed by atoms with van der Waals surface area (Å²) in [6.07, 6.45) is 2.25. The van der Waals surface area contributed by atoms with Crippen molar-refractivity contribution >= 4 is 5.87 Å². The van der Waals surface area contributed by atoms with E-state index in [4.69, 9.17) is 0 Å². The van der Waals surface area contributed by atoms with Gasteiger partial charge in [-0.25, -0.2) is 4.99 Å². The lowest BCUT2D eigenvalue weighted by Gasteiger charge is -1.98. The Hall–Kier alpha value is -1.08. The molecule has 0 saturated carbocycles. The minimum absolute atomic E-state index is 0.330. The average molecular weight is 140 g/mol. The lowest BCUT2D eigenvalue weighted by atomic mass is 10.4. The molecule has 1 rings (SSSR count). The fraction of sp³-hybridized carbons (Fsp3) is 0.429. The van der Waals surface area contributed by atoms with E-state index in [-0.39, 0.29) is 5.95 Å². The Morgan fingerprint density at radius 1 is 1.90 bits per heavy atom.